The minimum atomic E-state index is -1.12. The highest BCUT2D eigenvalue weighted by Crippen LogP contribution is 2.44. The SMILES string of the molecule is CCOc1cc(OC)ccc1C1(C(=O)N2CCC(N3CCCC3)CC2)NC(c2ccc(Cl)cc2)C(C2CCCCC2)N1. The Morgan fingerprint density at radius 2 is 1.64 bits per heavy atom. The van der Waals surface area contributed by atoms with E-state index in [4.69, 9.17) is 21.1 Å². The topological polar surface area (TPSA) is 66.1 Å². The lowest BCUT2D eigenvalue weighted by Gasteiger charge is -2.41. The van der Waals surface area contributed by atoms with Crippen LogP contribution in [0.4, 0.5) is 0 Å². The highest BCUT2D eigenvalue weighted by molar-refractivity contribution is 6.30. The zero-order chi connectivity index (χ0) is 29.1. The van der Waals surface area contributed by atoms with Crippen LogP contribution in [-0.4, -0.2) is 67.7 Å². The first-order chi connectivity index (χ1) is 20.5. The molecule has 4 fully saturated rings. The van der Waals surface area contributed by atoms with Crippen molar-refractivity contribution in [2.75, 3.05) is 39.9 Å². The second-order valence-electron chi connectivity index (χ2n) is 12.6. The zero-order valence-corrected chi connectivity index (χ0v) is 26.0. The average Bonchev–Trinajstić information content (AvgIpc) is 3.72. The smallest absolute Gasteiger partial charge is 0.262 e. The molecular formula is C34H47ClN4O3. The van der Waals surface area contributed by atoms with Crippen LogP contribution in [0.5, 0.6) is 11.5 Å². The number of ether oxygens (including phenoxy) is 2. The van der Waals surface area contributed by atoms with Gasteiger partial charge in [-0.2, -0.15) is 0 Å². The highest BCUT2D eigenvalue weighted by Gasteiger charge is 2.55. The Morgan fingerprint density at radius 3 is 2.31 bits per heavy atom. The van der Waals surface area contributed by atoms with Crippen molar-refractivity contribution in [1.82, 2.24) is 20.4 Å². The van der Waals surface area contributed by atoms with E-state index in [0.29, 0.717) is 30.1 Å². The van der Waals surface area contributed by atoms with Crippen molar-refractivity contribution in [2.24, 2.45) is 5.92 Å². The van der Waals surface area contributed by atoms with E-state index in [2.05, 4.69) is 32.6 Å². The predicted molar refractivity (Wildman–Crippen MR) is 167 cm³/mol. The molecule has 0 bridgehead atoms. The van der Waals surface area contributed by atoms with Gasteiger partial charge in [0, 0.05) is 41.8 Å². The third kappa shape index (κ3) is 5.90. The number of piperidine rings is 1. The summed E-state index contributed by atoms with van der Waals surface area (Å²) in [7, 11) is 1.66. The standard InChI is InChI=1S/C34H47ClN4O3/c1-3-42-30-23-28(41-2)15-16-29(30)34(33(40)39-21-17-27(18-22-39)38-19-7-8-20-38)36-31(24-9-5-4-6-10-24)32(37-34)25-11-13-26(35)14-12-25/h11-16,23-24,27,31-32,36-37H,3-10,17-22H2,1-2H3. The van der Waals surface area contributed by atoms with Crippen LogP contribution in [-0.2, 0) is 10.5 Å². The molecule has 8 heteroatoms. The lowest BCUT2D eigenvalue weighted by Crippen LogP contribution is -2.61. The van der Waals surface area contributed by atoms with Gasteiger partial charge in [-0.1, -0.05) is 43.0 Å². The largest absolute Gasteiger partial charge is 0.497 e. The van der Waals surface area contributed by atoms with Gasteiger partial charge in [-0.05, 0) is 94.3 Å². The van der Waals surface area contributed by atoms with Gasteiger partial charge in [-0.15, -0.1) is 0 Å². The predicted octanol–water partition coefficient (Wildman–Crippen LogP) is 5.87. The van der Waals surface area contributed by atoms with E-state index in [-0.39, 0.29) is 18.0 Å². The summed E-state index contributed by atoms with van der Waals surface area (Å²) >= 11 is 6.32. The Labute approximate surface area is 256 Å². The molecule has 42 heavy (non-hydrogen) atoms. The van der Waals surface area contributed by atoms with Crippen LogP contribution in [0.1, 0.15) is 81.9 Å². The summed E-state index contributed by atoms with van der Waals surface area (Å²) in [6.07, 6.45) is 10.7. The molecule has 3 aliphatic heterocycles. The molecule has 0 aromatic heterocycles. The van der Waals surface area contributed by atoms with Crippen LogP contribution in [0.3, 0.4) is 0 Å². The maximum atomic E-state index is 15.0. The molecule has 1 saturated carbocycles. The van der Waals surface area contributed by atoms with Crippen molar-refractivity contribution in [1.29, 1.82) is 0 Å². The highest BCUT2D eigenvalue weighted by atomic mass is 35.5. The lowest BCUT2D eigenvalue weighted by atomic mass is 9.80. The van der Waals surface area contributed by atoms with Gasteiger partial charge in [-0.3, -0.25) is 15.4 Å². The zero-order valence-electron chi connectivity index (χ0n) is 25.2. The van der Waals surface area contributed by atoms with Gasteiger partial charge in [-0.25, -0.2) is 0 Å². The number of hydrogen-bond donors (Lipinski definition) is 2. The van der Waals surface area contributed by atoms with Gasteiger partial charge in [0.15, 0.2) is 5.66 Å². The third-order valence-electron chi connectivity index (χ3n) is 10.1. The van der Waals surface area contributed by atoms with Crippen LogP contribution < -0.4 is 20.1 Å². The second kappa shape index (κ2) is 13.1. The summed E-state index contributed by atoms with van der Waals surface area (Å²) in [5, 5.41) is 8.63. The number of likely N-dealkylation sites (tertiary alicyclic amines) is 2. The molecule has 3 atom stereocenters. The van der Waals surface area contributed by atoms with Gasteiger partial charge < -0.3 is 19.3 Å². The van der Waals surface area contributed by atoms with Crippen molar-refractivity contribution in [2.45, 2.75) is 88.5 Å². The quantitative estimate of drug-likeness (QED) is 0.398. The molecule has 228 valence electrons. The monoisotopic (exact) mass is 594 g/mol. The van der Waals surface area contributed by atoms with Crippen molar-refractivity contribution in [3.8, 4) is 11.5 Å². The fourth-order valence-electron chi connectivity index (χ4n) is 7.93. The van der Waals surface area contributed by atoms with Gasteiger partial charge in [0.25, 0.3) is 5.91 Å². The summed E-state index contributed by atoms with van der Waals surface area (Å²) in [5.74, 6) is 1.95. The molecular weight excluding hydrogens is 548 g/mol. The number of benzene rings is 2. The molecule has 4 aliphatic rings. The molecule has 2 aromatic carbocycles. The first-order valence-corrected chi connectivity index (χ1v) is 16.6. The van der Waals surface area contributed by atoms with Crippen LogP contribution in [0.2, 0.25) is 5.02 Å². The molecule has 3 heterocycles. The van der Waals surface area contributed by atoms with Crippen LogP contribution in [0, 0.1) is 5.92 Å². The molecule has 7 nitrogen and oxygen atoms in total. The molecule has 3 saturated heterocycles. The van der Waals surface area contributed by atoms with Crippen LogP contribution >= 0.6 is 11.6 Å². The van der Waals surface area contributed by atoms with E-state index in [0.717, 1.165) is 54.9 Å². The fourth-order valence-corrected chi connectivity index (χ4v) is 8.05. The maximum absolute atomic E-state index is 15.0. The lowest BCUT2D eigenvalue weighted by molar-refractivity contribution is -0.141. The van der Waals surface area contributed by atoms with Crippen LogP contribution in [0.25, 0.3) is 0 Å². The summed E-state index contributed by atoms with van der Waals surface area (Å²) in [6, 6.07) is 14.6. The van der Waals surface area contributed by atoms with Crippen molar-refractivity contribution >= 4 is 17.5 Å². The summed E-state index contributed by atoms with van der Waals surface area (Å²) < 4.78 is 11.8. The number of carbonyl (C=O) groups is 1. The Bertz CT molecular complexity index is 1210. The fraction of sp³-hybridized carbons (Fsp3) is 0.618. The molecule has 0 spiro atoms. The van der Waals surface area contributed by atoms with E-state index in [1.54, 1.807) is 7.11 Å². The molecule has 3 unspecified atom stereocenters. The van der Waals surface area contributed by atoms with Gasteiger partial charge in [0.1, 0.15) is 11.5 Å². The number of rotatable bonds is 8. The van der Waals surface area contributed by atoms with Gasteiger partial charge >= 0.3 is 0 Å². The number of nitrogens with zero attached hydrogens (tertiary/aromatic N) is 2. The summed E-state index contributed by atoms with van der Waals surface area (Å²) in [4.78, 5) is 19.7. The van der Waals surface area contributed by atoms with Gasteiger partial charge in [0.2, 0.25) is 0 Å². The molecule has 2 aromatic rings. The number of halogens is 1. The van der Waals surface area contributed by atoms with Crippen molar-refractivity contribution in [3.63, 3.8) is 0 Å². The molecule has 2 N–H and O–H groups in total. The number of carbonyl (C=O) groups excluding carboxylic acids is 1. The first kappa shape index (κ1) is 29.7. The maximum Gasteiger partial charge on any atom is 0.262 e. The number of hydrogen-bond acceptors (Lipinski definition) is 6. The van der Waals surface area contributed by atoms with E-state index in [9.17, 15) is 0 Å². The Morgan fingerprint density at radius 1 is 0.929 bits per heavy atom. The Kier molecular flexibility index (Phi) is 9.29. The van der Waals surface area contributed by atoms with Crippen molar-refractivity contribution in [3.05, 3.63) is 58.6 Å². The van der Waals surface area contributed by atoms with E-state index in [1.807, 2.05) is 37.3 Å². The van der Waals surface area contributed by atoms with E-state index >= 15 is 4.79 Å². The molecule has 1 amide bonds. The summed E-state index contributed by atoms with van der Waals surface area (Å²) in [6.45, 7) is 6.41. The van der Waals surface area contributed by atoms with E-state index < -0.39 is 5.66 Å². The average molecular weight is 595 g/mol. The second-order valence-corrected chi connectivity index (χ2v) is 13.0. The van der Waals surface area contributed by atoms with Crippen LogP contribution in [0.15, 0.2) is 42.5 Å². The number of amides is 1. The van der Waals surface area contributed by atoms with Crippen molar-refractivity contribution < 1.29 is 14.3 Å². The minimum Gasteiger partial charge on any atom is -0.497 e. The third-order valence-corrected chi connectivity index (χ3v) is 10.4. The minimum absolute atomic E-state index is 0.0481. The Hall–Kier alpha value is -2.32. The molecule has 0 radical (unpaired) electrons. The molecule has 6 rings (SSSR count). The normalized spacial score (nSPS) is 27.8. The first-order valence-electron chi connectivity index (χ1n) is 16.2. The molecule has 1 aliphatic carbocycles. The Balaban J connectivity index is 1.39. The number of nitrogens with one attached hydrogen (secondary N) is 2. The van der Waals surface area contributed by atoms with E-state index in [1.165, 1.54) is 45.2 Å². The van der Waals surface area contributed by atoms with Gasteiger partial charge in [0.05, 0.1) is 19.8 Å². The number of methoxy groups -OCH3 is 1. The summed E-state index contributed by atoms with van der Waals surface area (Å²) in [5.41, 5.74) is 0.856.